The van der Waals surface area contributed by atoms with Crippen molar-refractivity contribution < 1.29 is 4.42 Å². The monoisotopic (exact) mass is 291 g/mol. The quantitative estimate of drug-likeness (QED) is 0.933. The summed E-state index contributed by atoms with van der Waals surface area (Å²) < 4.78 is 6.40. The average Bonchev–Trinajstić information content (AvgIpc) is 2.71. The van der Waals surface area contributed by atoms with Crippen LogP contribution in [0.25, 0.3) is 0 Å². The molecule has 0 bridgehead atoms. The van der Waals surface area contributed by atoms with Gasteiger partial charge in [-0.05, 0) is 39.5 Å². The predicted octanol–water partition coefficient (Wildman–Crippen LogP) is 3.47. The largest absolute Gasteiger partial charge is 0.467 e. The van der Waals surface area contributed by atoms with Crippen LogP contribution < -0.4 is 5.32 Å². The molecule has 88 valence electrons. The molecule has 1 N–H and O–H groups in total. The number of benzene rings is 1. The summed E-state index contributed by atoms with van der Waals surface area (Å²) in [5, 5.41) is 3.45. The van der Waals surface area contributed by atoms with Crippen molar-refractivity contribution in [2.45, 2.75) is 18.9 Å². The van der Waals surface area contributed by atoms with Crippen LogP contribution in [0.5, 0.6) is 0 Å². The third-order valence-electron chi connectivity index (χ3n) is 3.33. The Morgan fingerprint density at radius 2 is 2.18 bits per heavy atom. The van der Waals surface area contributed by atoms with Gasteiger partial charge >= 0.3 is 0 Å². The van der Waals surface area contributed by atoms with E-state index in [0.29, 0.717) is 5.92 Å². The van der Waals surface area contributed by atoms with E-state index in [1.807, 2.05) is 6.07 Å². The summed E-state index contributed by atoms with van der Waals surface area (Å²) in [6, 6.07) is 10.6. The smallest absolute Gasteiger partial charge is 0.131 e. The Morgan fingerprint density at radius 3 is 2.94 bits per heavy atom. The number of furan rings is 1. The van der Waals surface area contributed by atoms with E-state index in [1.54, 1.807) is 6.26 Å². The molecule has 1 aliphatic carbocycles. The van der Waals surface area contributed by atoms with Crippen molar-refractivity contribution in [1.29, 1.82) is 0 Å². The fourth-order valence-corrected chi connectivity index (χ4v) is 2.70. The van der Waals surface area contributed by atoms with E-state index in [2.05, 4.69) is 45.5 Å². The average molecular weight is 292 g/mol. The van der Waals surface area contributed by atoms with Gasteiger partial charge < -0.3 is 9.73 Å². The highest BCUT2D eigenvalue weighted by atomic mass is 79.9. The van der Waals surface area contributed by atoms with Crippen molar-refractivity contribution in [3.8, 4) is 0 Å². The van der Waals surface area contributed by atoms with E-state index in [-0.39, 0.29) is 0 Å². The normalized spacial score (nSPS) is 17.6. The number of hydrogen-bond donors (Lipinski definition) is 1. The Morgan fingerprint density at radius 1 is 1.29 bits per heavy atom. The zero-order chi connectivity index (χ0) is 11.7. The lowest BCUT2D eigenvalue weighted by molar-refractivity contribution is 0.461. The van der Waals surface area contributed by atoms with Gasteiger partial charge in [0, 0.05) is 12.5 Å². The summed E-state index contributed by atoms with van der Waals surface area (Å²) in [5.41, 5.74) is 3.00. The zero-order valence-corrected chi connectivity index (χ0v) is 11.0. The third-order valence-corrected chi connectivity index (χ3v) is 4.04. The molecule has 2 aromatic rings. The molecule has 0 saturated heterocycles. The number of rotatable bonds is 4. The van der Waals surface area contributed by atoms with E-state index in [0.717, 1.165) is 23.3 Å². The van der Waals surface area contributed by atoms with Gasteiger partial charge in [0.1, 0.15) is 5.76 Å². The van der Waals surface area contributed by atoms with Crippen LogP contribution in [0.3, 0.4) is 0 Å². The SMILES string of the molecule is Brc1ccoc1CNCC1Cc2ccccc21. The Balaban J connectivity index is 1.53. The second-order valence-corrected chi connectivity index (χ2v) is 5.28. The lowest BCUT2D eigenvalue weighted by atomic mass is 9.77. The summed E-state index contributed by atoms with van der Waals surface area (Å²) in [6.07, 6.45) is 2.91. The molecular formula is C14H14BrNO. The molecule has 1 heterocycles. The molecule has 3 heteroatoms. The summed E-state index contributed by atoms with van der Waals surface area (Å²) in [6.45, 7) is 1.80. The van der Waals surface area contributed by atoms with E-state index in [9.17, 15) is 0 Å². The minimum absolute atomic E-state index is 0.667. The van der Waals surface area contributed by atoms with Crippen molar-refractivity contribution in [1.82, 2.24) is 5.32 Å². The van der Waals surface area contributed by atoms with Crippen molar-refractivity contribution in [2.24, 2.45) is 0 Å². The predicted molar refractivity (Wildman–Crippen MR) is 71.0 cm³/mol. The Labute approximate surface area is 109 Å². The van der Waals surface area contributed by atoms with Gasteiger partial charge in [0.15, 0.2) is 0 Å². The maximum Gasteiger partial charge on any atom is 0.131 e. The molecule has 1 atom stereocenters. The highest BCUT2D eigenvalue weighted by Crippen LogP contribution is 2.34. The van der Waals surface area contributed by atoms with Crippen molar-refractivity contribution in [2.75, 3.05) is 6.54 Å². The minimum Gasteiger partial charge on any atom is -0.467 e. The van der Waals surface area contributed by atoms with Gasteiger partial charge in [-0.1, -0.05) is 24.3 Å². The van der Waals surface area contributed by atoms with Crippen molar-refractivity contribution in [3.63, 3.8) is 0 Å². The van der Waals surface area contributed by atoms with Gasteiger partial charge in [0.25, 0.3) is 0 Å². The molecule has 0 saturated carbocycles. The Kier molecular flexibility index (Phi) is 3.04. The topological polar surface area (TPSA) is 25.2 Å². The second kappa shape index (κ2) is 4.67. The highest BCUT2D eigenvalue weighted by molar-refractivity contribution is 9.10. The van der Waals surface area contributed by atoms with Gasteiger partial charge in [-0.15, -0.1) is 0 Å². The Hall–Kier alpha value is -1.06. The summed E-state index contributed by atoms with van der Waals surface area (Å²) in [7, 11) is 0. The molecule has 2 nitrogen and oxygen atoms in total. The van der Waals surface area contributed by atoms with Gasteiger partial charge in [-0.2, -0.15) is 0 Å². The maximum absolute atomic E-state index is 5.36. The van der Waals surface area contributed by atoms with Crippen molar-refractivity contribution >= 4 is 15.9 Å². The van der Waals surface area contributed by atoms with Crippen LogP contribution in [0.1, 0.15) is 22.8 Å². The summed E-state index contributed by atoms with van der Waals surface area (Å²) in [5.74, 6) is 1.64. The molecular weight excluding hydrogens is 278 g/mol. The number of hydrogen-bond acceptors (Lipinski definition) is 2. The van der Waals surface area contributed by atoms with Crippen LogP contribution >= 0.6 is 15.9 Å². The first kappa shape index (κ1) is 11.1. The van der Waals surface area contributed by atoms with Crippen molar-refractivity contribution in [3.05, 3.63) is 58.0 Å². The van der Waals surface area contributed by atoms with Crippen LogP contribution in [-0.4, -0.2) is 6.54 Å². The number of nitrogens with one attached hydrogen (secondary N) is 1. The molecule has 1 aromatic heterocycles. The fraction of sp³-hybridized carbons (Fsp3) is 0.286. The minimum atomic E-state index is 0.667. The molecule has 1 unspecified atom stereocenters. The molecule has 3 rings (SSSR count). The Bertz CT molecular complexity index is 520. The van der Waals surface area contributed by atoms with Crippen LogP contribution in [0.2, 0.25) is 0 Å². The standard InChI is InChI=1S/C14H14BrNO/c15-13-5-6-17-14(13)9-16-8-11-7-10-3-1-2-4-12(10)11/h1-6,11,16H,7-9H2. The molecule has 0 fully saturated rings. The van der Waals surface area contributed by atoms with Crippen LogP contribution in [0, 0.1) is 0 Å². The lowest BCUT2D eigenvalue weighted by Crippen LogP contribution is -2.28. The lowest BCUT2D eigenvalue weighted by Gasteiger charge is -2.30. The van der Waals surface area contributed by atoms with E-state index in [1.165, 1.54) is 17.5 Å². The molecule has 0 aliphatic heterocycles. The first-order valence-electron chi connectivity index (χ1n) is 5.85. The molecule has 0 spiro atoms. The van der Waals surface area contributed by atoms with Crippen LogP contribution in [0.4, 0.5) is 0 Å². The molecule has 0 amide bonds. The van der Waals surface area contributed by atoms with Gasteiger partial charge in [0.2, 0.25) is 0 Å². The summed E-state index contributed by atoms with van der Waals surface area (Å²) >= 11 is 3.46. The molecule has 1 aromatic carbocycles. The van der Waals surface area contributed by atoms with Gasteiger partial charge in [-0.3, -0.25) is 0 Å². The molecule has 0 radical (unpaired) electrons. The maximum atomic E-state index is 5.36. The summed E-state index contributed by atoms with van der Waals surface area (Å²) in [4.78, 5) is 0. The van der Waals surface area contributed by atoms with Crippen LogP contribution in [-0.2, 0) is 13.0 Å². The number of fused-ring (bicyclic) bond motifs is 1. The molecule has 17 heavy (non-hydrogen) atoms. The molecule has 1 aliphatic rings. The van der Waals surface area contributed by atoms with E-state index >= 15 is 0 Å². The second-order valence-electron chi connectivity index (χ2n) is 4.42. The van der Waals surface area contributed by atoms with E-state index in [4.69, 9.17) is 4.42 Å². The third kappa shape index (κ3) is 2.17. The fourth-order valence-electron chi connectivity index (χ4n) is 2.36. The van der Waals surface area contributed by atoms with Crippen LogP contribution in [0.15, 0.2) is 45.5 Å². The first-order valence-corrected chi connectivity index (χ1v) is 6.64. The van der Waals surface area contributed by atoms with Gasteiger partial charge in [-0.25, -0.2) is 0 Å². The highest BCUT2D eigenvalue weighted by Gasteiger charge is 2.24. The number of halogens is 1. The first-order chi connectivity index (χ1) is 8.34. The van der Waals surface area contributed by atoms with E-state index < -0.39 is 0 Å². The zero-order valence-electron chi connectivity index (χ0n) is 9.45. The van der Waals surface area contributed by atoms with Gasteiger partial charge in [0.05, 0.1) is 17.3 Å².